The first-order valence-corrected chi connectivity index (χ1v) is 12.3. The van der Waals surface area contributed by atoms with Gasteiger partial charge in [-0.15, -0.1) is 0 Å². The van der Waals surface area contributed by atoms with E-state index in [1.807, 2.05) is 66.4 Å². The van der Waals surface area contributed by atoms with E-state index in [-0.39, 0.29) is 29.7 Å². The van der Waals surface area contributed by atoms with Crippen LogP contribution >= 0.6 is 0 Å². The van der Waals surface area contributed by atoms with Gasteiger partial charge in [0.2, 0.25) is 5.91 Å². The summed E-state index contributed by atoms with van der Waals surface area (Å²) in [5.41, 5.74) is 3.45. The molecular formula is C28H39N3O3. The van der Waals surface area contributed by atoms with Crippen LogP contribution in [0, 0.1) is 11.8 Å². The molecule has 0 aromatic heterocycles. The second kappa shape index (κ2) is 11.4. The SMILES string of the molecule is COc1ccc(C(=O)N(Cc2cc(NC(=O)C3CCCC3)ccc2N(C)C)C(C)C(C)C)cc1. The third-order valence-corrected chi connectivity index (χ3v) is 6.95. The second-order valence-electron chi connectivity index (χ2n) is 9.85. The lowest BCUT2D eigenvalue weighted by Gasteiger charge is -2.33. The Morgan fingerprint density at radius 3 is 2.24 bits per heavy atom. The van der Waals surface area contributed by atoms with E-state index >= 15 is 0 Å². The van der Waals surface area contributed by atoms with Crippen molar-refractivity contribution in [1.29, 1.82) is 0 Å². The molecule has 2 aromatic carbocycles. The van der Waals surface area contributed by atoms with Gasteiger partial charge in [0.1, 0.15) is 5.75 Å². The zero-order chi connectivity index (χ0) is 24.8. The molecule has 0 spiro atoms. The van der Waals surface area contributed by atoms with Gasteiger partial charge >= 0.3 is 0 Å². The number of carbonyl (C=O) groups is 2. The van der Waals surface area contributed by atoms with Crippen molar-refractivity contribution in [3.8, 4) is 5.75 Å². The Hall–Kier alpha value is -3.02. The van der Waals surface area contributed by atoms with E-state index in [4.69, 9.17) is 4.74 Å². The first kappa shape index (κ1) is 25.6. The van der Waals surface area contributed by atoms with Crippen LogP contribution in [0.3, 0.4) is 0 Å². The van der Waals surface area contributed by atoms with Crippen LogP contribution in [0.1, 0.15) is 62.4 Å². The number of nitrogens with one attached hydrogen (secondary N) is 1. The van der Waals surface area contributed by atoms with E-state index in [2.05, 4.69) is 26.1 Å². The van der Waals surface area contributed by atoms with E-state index in [1.54, 1.807) is 7.11 Å². The zero-order valence-corrected chi connectivity index (χ0v) is 21.4. The van der Waals surface area contributed by atoms with Gasteiger partial charge in [-0.25, -0.2) is 0 Å². The summed E-state index contributed by atoms with van der Waals surface area (Å²) in [6.45, 7) is 6.80. The smallest absolute Gasteiger partial charge is 0.254 e. The molecule has 0 saturated heterocycles. The topological polar surface area (TPSA) is 61.9 Å². The van der Waals surface area contributed by atoms with Crippen molar-refractivity contribution in [2.45, 2.75) is 59.0 Å². The van der Waals surface area contributed by atoms with Crippen LogP contribution in [0.15, 0.2) is 42.5 Å². The van der Waals surface area contributed by atoms with Crippen LogP contribution in [-0.2, 0) is 11.3 Å². The Labute approximate surface area is 204 Å². The highest BCUT2D eigenvalue weighted by Gasteiger charge is 2.26. The summed E-state index contributed by atoms with van der Waals surface area (Å²) in [6, 6.07) is 13.3. The lowest BCUT2D eigenvalue weighted by atomic mass is 10.0. The molecule has 1 unspecified atom stereocenters. The van der Waals surface area contributed by atoms with Crippen molar-refractivity contribution < 1.29 is 14.3 Å². The molecule has 6 nitrogen and oxygen atoms in total. The normalized spacial score (nSPS) is 14.7. The van der Waals surface area contributed by atoms with E-state index in [1.165, 1.54) is 0 Å². The van der Waals surface area contributed by atoms with Gasteiger partial charge in [-0.3, -0.25) is 9.59 Å². The summed E-state index contributed by atoms with van der Waals surface area (Å²) in [5.74, 6) is 1.19. The van der Waals surface area contributed by atoms with Gasteiger partial charge in [0.15, 0.2) is 0 Å². The maximum Gasteiger partial charge on any atom is 0.254 e. The molecule has 34 heavy (non-hydrogen) atoms. The standard InChI is InChI=1S/C28H39N3O3/c1-19(2)20(3)31(28(33)22-11-14-25(34-6)15-12-22)18-23-17-24(13-16-26(23)30(4)5)29-27(32)21-9-7-8-10-21/h11-17,19-21H,7-10,18H2,1-6H3,(H,29,32). The number of amides is 2. The summed E-state index contributed by atoms with van der Waals surface area (Å²) in [6.07, 6.45) is 4.17. The minimum Gasteiger partial charge on any atom is -0.497 e. The van der Waals surface area contributed by atoms with Crippen LogP contribution in [0.2, 0.25) is 0 Å². The lowest BCUT2D eigenvalue weighted by Crippen LogP contribution is -2.41. The van der Waals surface area contributed by atoms with Crippen molar-refractivity contribution in [2.75, 3.05) is 31.4 Å². The summed E-state index contributed by atoms with van der Waals surface area (Å²) >= 11 is 0. The minimum atomic E-state index is -0.0195. The Morgan fingerprint density at radius 2 is 1.68 bits per heavy atom. The van der Waals surface area contributed by atoms with Crippen LogP contribution in [0.5, 0.6) is 5.75 Å². The fourth-order valence-electron chi connectivity index (χ4n) is 4.50. The Kier molecular flexibility index (Phi) is 8.59. The molecule has 0 radical (unpaired) electrons. The van der Waals surface area contributed by atoms with Crippen molar-refractivity contribution >= 4 is 23.2 Å². The van der Waals surface area contributed by atoms with Crippen LogP contribution < -0.4 is 15.0 Å². The highest BCUT2D eigenvalue weighted by atomic mass is 16.5. The summed E-state index contributed by atoms with van der Waals surface area (Å²) in [7, 11) is 5.61. The monoisotopic (exact) mass is 465 g/mol. The van der Waals surface area contributed by atoms with Gasteiger partial charge in [-0.2, -0.15) is 0 Å². The largest absolute Gasteiger partial charge is 0.497 e. The zero-order valence-electron chi connectivity index (χ0n) is 21.4. The molecule has 2 amide bonds. The van der Waals surface area contributed by atoms with Crippen molar-refractivity contribution in [1.82, 2.24) is 4.90 Å². The Balaban J connectivity index is 1.91. The number of ether oxygens (including phenoxy) is 1. The number of hydrogen-bond donors (Lipinski definition) is 1. The third kappa shape index (κ3) is 6.10. The summed E-state index contributed by atoms with van der Waals surface area (Å²) in [5, 5.41) is 3.11. The number of nitrogens with zero attached hydrogens (tertiary/aromatic N) is 2. The first-order valence-electron chi connectivity index (χ1n) is 12.3. The number of benzene rings is 2. The fraction of sp³-hybridized carbons (Fsp3) is 0.500. The van der Waals surface area contributed by atoms with E-state index in [9.17, 15) is 9.59 Å². The van der Waals surface area contributed by atoms with E-state index in [0.717, 1.165) is 48.4 Å². The lowest BCUT2D eigenvalue weighted by molar-refractivity contribution is -0.119. The second-order valence-corrected chi connectivity index (χ2v) is 9.85. The van der Waals surface area contributed by atoms with Gasteiger partial charge in [0.25, 0.3) is 5.91 Å². The average Bonchev–Trinajstić information content (AvgIpc) is 3.37. The molecule has 6 heteroatoms. The van der Waals surface area contributed by atoms with Gasteiger partial charge in [-0.05, 0) is 73.7 Å². The predicted molar refractivity (Wildman–Crippen MR) is 139 cm³/mol. The highest BCUT2D eigenvalue weighted by Crippen LogP contribution is 2.30. The Morgan fingerprint density at radius 1 is 1.03 bits per heavy atom. The molecule has 1 N–H and O–H groups in total. The quantitative estimate of drug-likeness (QED) is 0.525. The molecule has 1 saturated carbocycles. The van der Waals surface area contributed by atoms with Gasteiger partial charge in [0, 0.05) is 49.5 Å². The summed E-state index contributed by atoms with van der Waals surface area (Å²) in [4.78, 5) is 30.3. The molecule has 0 heterocycles. The van der Waals surface area contributed by atoms with Crippen molar-refractivity contribution in [3.63, 3.8) is 0 Å². The molecule has 0 bridgehead atoms. The molecular weight excluding hydrogens is 426 g/mol. The number of hydrogen-bond acceptors (Lipinski definition) is 4. The molecule has 1 atom stereocenters. The van der Waals surface area contributed by atoms with Gasteiger partial charge < -0.3 is 19.9 Å². The number of methoxy groups -OCH3 is 1. The van der Waals surface area contributed by atoms with Crippen molar-refractivity contribution in [3.05, 3.63) is 53.6 Å². The summed E-state index contributed by atoms with van der Waals surface area (Å²) < 4.78 is 5.25. The minimum absolute atomic E-state index is 0.0195. The molecule has 1 fully saturated rings. The highest BCUT2D eigenvalue weighted by molar-refractivity contribution is 5.95. The average molecular weight is 466 g/mol. The van der Waals surface area contributed by atoms with Gasteiger partial charge in [0.05, 0.1) is 7.11 Å². The number of carbonyl (C=O) groups excluding carboxylic acids is 2. The molecule has 0 aliphatic heterocycles. The van der Waals surface area contributed by atoms with Crippen LogP contribution in [0.25, 0.3) is 0 Å². The van der Waals surface area contributed by atoms with E-state index < -0.39 is 0 Å². The number of rotatable bonds is 9. The van der Waals surface area contributed by atoms with Gasteiger partial charge in [-0.1, -0.05) is 26.7 Å². The fourth-order valence-corrected chi connectivity index (χ4v) is 4.50. The van der Waals surface area contributed by atoms with Crippen LogP contribution in [0.4, 0.5) is 11.4 Å². The number of anilines is 2. The molecule has 184 valence electrons. The molecule has 1 aliphatic rings. The van der Waals surface area contributed by atoms with Crippen molar-refractivity contribution in [2.24, 2.45) is 11.8 Å². The van der Waals surface area contributed by atoms with Crippen LogP contribution in [-0.4, -0.2) is 44.0 Å². The first-order chi connectivity index (χ1) is 16.2. The molecule has 3 rings (SSSR count). The molecule has 1 aliphatic carbocycles. The maximum absolute atomic E-state index is 13.6. The predicted octanol–water partition coefficient (Wildman–Crippen LogP) is 5.58. The van der Waals surface area contributed by atoms with E-state index in [0.29, 0.717) is 12.1 Å². The molecule has 2 aromatic rings. The maximum atomic E-state index is 13.6. The third-order valence-electron chi connectivity index (χ3n) is 6.95. The Bertz CT molecular complexity index is 979.